The van der Waals surface area contributed by atoms with E-state index in [0.29, 0.717) is 12.8 Å². The fourth-order valence-electron chi connectivity index (χ4n) is 2.76. The van der Waals surface area contributed by atoms with Crippen molar-refractivity contribution in [1.82, 2.24) is 0 Å². The highest BCUT2D eigenvalue weighted by Gasteiger charge is 2.32. The van der Waals surface area contributed by atoms with Gasteiger partial charge in [0.25, 0.3) is 0 Å². The third-order valence-corrected chi connectivity index (χ3v) is 4.18. The van der Waals surface area contributed by atoms with Gasteiger partial charge < -0.3 is 14.6 Å². The molecule has 6 nitrogen and oxygen atoms in total. The predicted octanol–water partition coefficient (Wildman–Crippen LogP) is 2.43. The molecule has 1 N–H and O–H groups in total. The highest BCUT2D eigenvalue weighted by atomic mass is 16.6. The Kier molecular flexibility index (Phi) is 7.13. The summed E-state index contributed by atoms with van der Waals surface area (Å²) in [5.41, 5.74) is 0.276. The summed E-state index contributed by atoms with van der Waals surface area (Å²) < 4.78 is 10.5. The van der Waals surface area contributed by atoms with Crippen LogP contribution in [0.4, 0.5) is 0 Å². The lowest BCUT2D eigenvalue weighted by Crippen LogP contribution is -2.38. The minimum absolute atomic E-state index is 0.252. The van der Waals surface area contributed by atoms with Gasteiger partial charge in [-0.25, -0.2) is 4.79 Å². The van der Waals surface area contributed by atoms with Crippen molar-refractivity contribution in [2.75, 3.05) is 0 Å². The van der Waals surface area contributed by atoms with E-state index in [1.54, 1.807) is 37.3 Å². The Hall–Kier alpha value is -2.21. The highest BCUT2D eigenvalue weighted by molar-refractivity contribution is 5.95. The number of hydrogen-bond donors (Lipinski definition) is 1. The quantitative estimate of drug-likeness (QED) is 0.826. The van der Waals surface area contributed by atoms with Gasteiger partial charge >= 0.3 is 11.9 Å². The molecular formula is C19H24O6. The summed E-state index contributed by atoms with van der Waals surface area (Å²) in [7, 11) is 0. The Balaban J connectivity index is 2.12. The van der Waals surface area contributed by atoms with Crippen LogP contribution < -0.4 is 0 Å². The van der Waals surface area contributed by atoms with Crippen LogP contribution in [0.15, 0.2) is 30.3 Å². The summed E-state index contributed by atoms with van der Waals surface area (Å²) >= 11 is 0. The molecular weight excluding hydrogens is 324 g/mol. The largest absolute Gasteiger partial charge is 0.463 e. The zero-order valence-corrected chi connectivity index (χ0v) is 14.3. The first-order valence-corrected chi connectivity index (χ1v) is 8.64. The molecule has 3 atom stereocenters. The van der Waals surface area contributed by atoms with Crippen molar-refractivity contribution in [2.45, 2.75) is 63.8 Å². The smallest absolute Gasteiger partial charge is 0.338 e. The molecule has 1 heterocycles. The van der Waals surface area contributed by atoms with E-state index in [4.69, 9.17) is 9.47 Å². The van der Waals surface area contributed by atoms with Gasteiger partial charge in [-0.2, -0.15) is 0 Å². The Bertz CT molecular complexity index is 597. The van der Waals surface area contributed by atoms with E-state index in [9.17, 15) is 19.5 Å². The normalized spacial score (nSPS) is 26.1. The van der Waals surface area contributed by atoms with Crippen LogP contribution >= 0.6 is 0 Å². The van der Waals surface area contributed by atoms with E-state index in [1.165, 1.54) is 0 Å². The molecule has 0 amide bonds. The zero-order valence-electron chi connectivity index (χ0n) is 14.3. The van der Waals surface area contributed by atoms with Crippen LogP contribution in [0.25, 0.3) is 0 Å². The molecule has 1 fully saturated rings. The Morgan fingerprint density at radius 2 is 1.80 bits per heavy atom. The number of aliphatic hydroxyl groups is 1. The van der Waals surface area contributed by atoms with E-state index in [1.807, 2.05) is 0 Å². The van der Waals surface area contributed by atoms with Crippen molar-refractivity contribution in [1.29, 1.82) is 0 Å². The molecule has 0 spiro atoms. The maximum absolute atomic E-state index is 12.4. The molecule has 0 bridgehead atoms. The second kappa shape index (κ2) is 9.32. The molecule has 0 saturated carbocycles. The monoisotopic (exact) mass is 348 g/mol. The molecule has 136 valence electrons. The second-order valence-electron chi connectivity index (χ2n) is 6.32. The number of cyclic esters (lactones) is 1. The summed E-state index contributed by atoms with van der Waals surface area (Å²) in [6.07, 6.45) is 0.164. The number of esters is 2. The Labute approximate surface area is 147 Å². The van der Waals surface area contributed by atoms with Crippen LogP contribution in [0.5, 0.6) is 0 Å². The summed E-state index contributed by atoms with van der Waals surface area (Å²) in [6.45, 7) is 1.80. The van der Waals surface area contributed by atoms with E-state index >= 15 is 0 Å². The van der Waals surface area contributed by atoms with Crippen LogP contribution in [-0.4, -0.2) is 41.1 Å². The van der Waals surface area contributed by atoms with Gasteiger partial charge in [0.05, 0.1) is 18.1 Å². The van der Waals surface area contributed by atoms with Crippen LogP contribution in [0.2, 0.25) is 0 Å². The topological polar surface area (TPSA) is 89.9 Å². The molecule has 1 aliphatic heterocycles. The maximum atomic E-state index is 12.4. The number of ether oxygens (including phenoxy) is 2. The highest BCUT2D eigenvalue weighted by Crippen LogP contribution is 2.17. The van der Waals surface area contributed by atoms with Gasteiger partial charge in [-0.1, -0.05) is 31.0 Å². The number of benzene rings is 1. The van der Waals surface area contributed by atoms with Gasteiger partial charge in [-0.15, -0.1) is 0 Å². The van der Waals surface area contributed by atoms with Crippen LogP contribution in [0.3, 0.4) is 0 Å². The van der Waals surface area contributed by atoms with Crippen molar-refractivity contribution in [3.63, 3.8) is 0 Å². The van der Waals surface area contributed by atoms with Crippen LogP contribution in [0.1, 0.15) is 55.8 Å². The molecule has 1 saturated heterocycles. The molecule has 1 aromatic carbocycles. The van der Waals surface area contributed by atoms with E-state index in [-0.39, 0.29) is 11.7 Å². The molecule has 0 aliphatic carbocycles. The number of Topliss-reactive ketones (excluding diaryl/α,β-unsaturated/α-hetero) is 1. The molecule has 0 aromatic heterocycles. The number of hydrogen-bond acceptors (Lipinski definition) is 6. The summed E-state index contributed by atoms with van der Waals surface area (Å²) in [4.78, 5) is 36.7. The van der Waals surface area contributed by atoms with Crippen LogP contribution in [0, 0.1) is 0 Å². The van der Waals surface area contributed by atoms with E-state index in [0.717, 1.165) is 19.3 Å². The van der Waals surface area contributed by atoms with Gasteiger partial charge in [0, 0.05) is 0 Å². The first kappa shape index (κ1) is 19.1. The van der Waals surface area contributed by atoms with Gasteiger partial charge in [0.1, 0.15) is 6.10 Å². The number of aliphatic hydroxyl groups excluding tert-OH is 1. The lowest BCUT2D eigenvalue weighted by molar-refractivity contribution is -0.155. The van der Waals surface area contributed by atoms with Gasteiger partial charge in [-0.3, -0.25) is 9.59 Å². The predicted molar refractivity (Wildman–Crippen MR) is 89.9 cm³/mol. The third-order valence-electron chi connectivity index (χ3n) is 4.18. The SMILES string of the molecule is CC1CCCCCC(O)C(=O)C(OC(=O)c2ccccc2)CC(=O)O1. The van der Waals surface area contributed by atoms with Gasteiger partial charge in [0.15, 0.2) is 6.10 Å². The van der Waals surface area contributed by atoms with E-state index in [2.05, 4.69) is 0 Å². The average Bonchev–Trinajstić information content (AvgIpc) is 2.59. The fraction of sp³-hybridized carbons (Fsp3) is 0.526. The summed E-state index contributed by atoms with van der Waals surface area (Å²) in [5.74, 6) is -1.98. The fourth-order valence-corrected chi connectivity index (χ4v) is 2.76. The van der Waals surface area contributed by atoms with Gasteiger partial charge in [-0.05, 0) is 38.3 Å². The molecule has 1 aliphatic rings. The van der Waals surface area contributed by atoms with Crippen molar-refractivity contribution >= 4 is 17.7 Å². The lowest BCUT2D eigenvalue weighted by atomic mass is 10.00. The first-order chi connectivity index (χ1) is 12.0. The van der Waals surface area contributed by atoms with E-state index < -0.39 is 36.4 Å². The zero-order chi connectivity index (χ0) is 18.2. The molecule has 6 heteroatoms. The lowest BCUT2D eigenvalue weighted by Gasteiger charge is -2.21. The van der Waals surface area contributed by atoms with Crippen molar-refractivity contribution in [3.05, 3.63) is 35.9 Å². The standard InChI is InChI=1S/C19H24O6/c1-13-8-4-2-7-11-15(20)18(22)16(12-17(21)24-13)25-19(23)14-9-5-3-6-10-14/h3,5-6,9-10,13,15-16,20H,2,4,7-8,11-12H2,1H3. The number of carbonyl (C=O) groups excluding carboxylic acids is 3. The Morgan fingerprint density at radius 1 is 1.12 bits per heavy atom. The summed E-state index contributed by atoms with van der Waals surface area (Å²) in [6, 6.07) is 8.20. The van der Waals surface area contributed by atoms with Crippen molar-refractivity contribution in [2.24, 2.45) is 0 Å². The number of carbonyl (C=O) groups is 3. The van der Waals surface area contributed by atoms with Crippen molar-refractivity contribution in [3.8, 4) is 0 Å². The average molecular weight is 348 g/mol. The number of rotatable bonds is 2. The molecule has 2 rings (SSSR count). The van der Waals surface area contributed by atoms with Crippen molar-refractivity contribution < 1.29 is 29.0 Å². The number of ketones is 1. The molecule has 0 radical (unpaired) electrons. The van der Waals surface area contributed by atoms with Crippen LogP contribution in [-0.2, 0) is 19.1 Å². The minimum Gasteiger partial charge on any atom is -0.463 e. The molecule has 3 unspecified atom stereocenters. The second-order valence-corrected chi connectivity index (χ2v) is 6.32. The third kappa shape index (κ3) is 5.98. The first-order valence-electron chi connectivity index (χ1n) is 8.64. The summed E-state index contributed by atoms with van der Waals surface area (Å²) in [5, 5.41) is 10.1. The molecule has 25 heavy (non-hydrogen) atoms. The Morgan fingerprint density at radius 3 is 2.52 bits per heavy atom. The van der Waals surface area contributed by atoms with Gasteiger partial charge in [0.2, 0.25) is 5.78 Å². The maximum Gasteiger partial charge on any atom is 0.338 e. The molecule has 1 aromatic rings. The minimum atomic E-state index is -1.35.